The lowest BCUT2D eigenvalue weighted by molar-refractivity contribution is -0.132. The first-order valence-electron chi connectivity index (χ1n) is 11.0. The van der Waals surface area contributed by atoms with Gasteiger partial charge in [0.1, 0.15) is 11.6 Å². The third-order valence-electron chi connectivity index (χ3n) is 5.66. The van der Waals surface area contributed by atoms with Gasteiger partial charge in [0, 0.05) is 31.1 Å². The van der Waals surface area contributed by atoms with E-state index in [0.29, 0.717) is 24.5 Å². The molecule has 0 spiro atoms. The monoisotopic (exact) mass is 449 g/mol. The van der Waals surface area contributed by atoms with E-state index in [0.717, 1.165) is 24.8 Å². The molecule has 1 aromatic carbocycles. The van der Waals surface area contributed by atoms with Crippen molar-refractivity contribution in [2.24, 2.45) is 0 Å². The van der Waals surface area contributed by atoms with Gasteiger partial charge in [-0.3, -0.25) is 14.5 Å². The third kappa shape index (κ3) is 5.91. The van der Waals surface area contributed by atoms with Crippen LogP contribution in [0, 0.1) is 0 Å². The Labute approximate surface area is 189 Å². The van der Waals surface area contributed by atoms with Crippen LogP contribution in [0.1, 0.15) is 64.5 Å². The second kappa shape index (κ2) is 9.90. The lowest BCUT2D eigenvalue weighted by Crippen LogP contribution is -2.48. The lowest BCUT2D eigenvalue weighted by atomic mass is 10.0. The molecule has 2 saturated heterocycles. The van der Waals surface area contributed by atoms with Gasteiger partial charge < -0.3 is 15.0 Å². The summed E-state index contributed by atoms with van der Waals surface area (Å²) in [6.07, 6.45) is 2.91. The Morgan fingerprint density at radius 3 is 2.48 bits per heavy atom. The summed E-state index contributed by atoms with van der Waals surface area (Å²) in [5, 5.41) is 3.50. The quantitative estimate of drug-likeness (QED) is 0.739. The van der Waals surface area contributed by atoms with Crippen molar-refractivity contribution < 1.29 is 19.1 Å². The van der Waals surface area contributed by atoms with Crippen molar-refractivity contribution in [3.63, 3.8) is 0 Å². The molecule has 0 bridgehead atoms. The van der Waals surface area contributed by atoms with Gasteiger partial charge in [0.2, 0.25) is 11.8 Å². The summed E-state index contributed by atoms with van der Waals surface area (Å²) in [7, 11) is 0. The van der Waals surface area contributed by atoms with E-state index < -0.39 is 17.7 Å². The van der Waals surface area contributed by atoms with Crippen LogP contribution in [-0.4, -0.2) is 59.0 Å². The van der Waals surface area contributed by atoms with Crippen LogP contribution in [-0.2, 0) is 14.3 Å². The molecule has 2 aliphatic rings. The smallest absolute Gasteiger partial charge is 0.410 e. The lowest BCUT2D eigenvalue weighted by Gasteiger charge is -2.28. The predicted octanol–water partition coefficient (Wildman–Crippen LogP) is 3.91. The van der Waals surface area contributed by atoms with Crippen molar-refractivity contribution in [1.82, 2.24) is 15.1 Å². The molecule has 8 heteroatoms. The summed E-state index contributed by atoms with van der Waals surface area (Å²) in [5.41, 5.74) is 0.360. The molecule has 2 heterocycles. The van der Waals surface area contributed by atoms with E-state index in [2.05, 4.69) is 5.32 Å². The molecule has 1 N–H and O–H groups in total. The second-order valence-electron chi connectivity index (χ2n) is 9.14. The number of halogens is 1. The fraction of sp³-hybridized carbons (Fsp3) is 0.609. The minimum absolute atomic E-state index is 0.00172. The van der Waals surface area contributed by atoms with E-state index in [4.69, 9.17) is 16.3 Å². The largest absolute Gasteiger partial charge is 0.444 e. The van der Waals surface area contributed by atoms with Crippen molar-refractivity contribution >= 4 is 29.5 Å². The molecule has 0 saturated carbocycles. The fourth-order valence-corrected chi connectivity index (χ4v) is 4.53. The number of nitrogens with one attached hydrogen (secondary N) is 1. The van der Waals surface area contributed by atoms with E-state index in [1.165, 1.54) is 4.90 Å². The summed E-state index contributed by atoms with van der Waals surface area (Å²) >= 11 is 6.33. The molecule has 170 valence electrons. The van der Waals surface area contributed by atoms with Crippen LogP contribution in [0.25, 0.3) is 0 Å². The molecule has 0 aliphatic carbocycles. The molecule has 2 aliphatic heterocycles. The summed E-state index contributed by atoms with van der Waals surface area (Å²) in [4.78, 5) is 41.2. The average Bonchev–Trinajstić information content (AvgIpc) is 3.36. The van der Waals surface area contributed by atoms with Gasteiger partial charge in [0.05, 0.1) is 6.04 Å². The van der Waals surface area contributed by atoms with Crippen LogP contribution in [0.5, 0.6) is 0 Å². The molecule has 0 unspecified atom stereocenters. The first-order valence-corrected chi connectivity index (χ1v) is 11.4. The molecule has 2 fully saturated rings. The topological polar surface area (TPSA) is 79.0 Å². The fourth-order valence-electron chi connectivity index (χ4n) is 4.27. The molecule has 0 aromatic heterocycles. The van der Waals surface area contributed by atoms with E-state index >= 15 is 0 Å². The number of rotatable bonds is 5. The maximum Gasteiger partial charge on any atom is 0.410 e. The molecule has 31 heavy (non-hydrogen) atoms. The van der Waals surface area contributed by atoms with Crippen molar-refractivity contribution in [2.45, 2.75) is 70.6 Å². The highest BCUT2D eigenvalue weighted by Crippen LogP contribution is 2.35. The summed E-state index contributed by atoms with van der Waals surface area (Å²) in [6, 6.07) is 7.05. The van der Waals surface area contributed by atoms with Crippen LogP contribution < -0.4 is 5.32 Å². The summed E-state index contributed by atoms with van der Waals surface area (Å²) in [6.45, 7) is 6.83. The SMILES string of the molecule is CC(C)(C)OC(=O)N1CCC[C@H]1C(=O)NCCC(=O)N1CCC[C@@H]1c1ccccc1Cl. The van der Waals surface area contributed by atoms with Gasteiger partial charge >= 0.3 is 6.09 Å². The van der Waals surface area contributed by atoms with Gasteiger partial charge in [-0.25, -0.2) is 4.79 Å². The van der Waals surface area contributed by atoms with E-state index in [9.17, 15) is 14.4 Å². The van der Waals surface area contributed by atoms with Crippen LogP contribution in [0.2, 0.25) is 5.02 Å². The van der Waals surface area contributed by atoms with Gasteiger partial charge in [-0.1, -0.05) is 29.8 Å². The van der Waals surface area contributed by atoms with Gasteiger partial charge in [-0.15, -0.1) is 0 Å². The van der Waals surface area contributed by atoms with Crippen molar-refractivity contribution in [1.29, 1.82) is 0 Å². The zero-order valence-corrected chi connectivity index (χ0v) is 19.3. The number of carbonyl (C=O) groups excluding carboxylic acids is 3. The number of likely N-dealkylation sites (tertiary alicyclic amines) is 2. The van der Waals surface area contributed by atoms with E-state index in [1.807, 2.05) is 29.2 Å². The van der Waals surface area contributed by atoms with Crippen LogP contribution >= 0.6 is 11.6 Å². The first kappa shape index (κ1) is 23.4. The minimum Gasteiger partial charge on any atom is -0.444 e. The van der Waals surface area contributed by atoms with Crippen molar-refractivity contribution in [3.05, 3.63) is 34.9 Å². The van der Waals surface area contributed by atoms with Crippen LogP contribution in [0.3, 0.4) is 0 Å². The highest BCUT2D eigenvalue weighted by atomic mass is 35.5. The molecule has 2 atom stereocenters. The maximum absolute atomic E-state index is 12.8. The maximum atomic E-state index is 12.8. The second-order valence-corrected chi connectivity index (χ2v) is 9.55. The Kier molecular flexibility index (Phi) is 7.46. The number of hydrogen-bond donors (Lipinski definition) is 1. The number of nitrogens with zero attached hydrogens (tertiary/aromatic N) is 2. The Bertz CT molecular complexity index is 823. The van der Waals surface area contributed by atoms with Gasteiger partial charge in [-0.2, -0.15) is 0 Å². The standard InChI is InChI=1S/C23H32ClN3O4/c1-23(2,3)31-22(30)27-15-7-11-19(27)21(29)25-13-12-20(28)26-14-6-10-18(26)16-8-4-5-9-17(16)24/h4-5,8-9,18-19H,6-7,10-15H2,1-3H3,(H,25,29)/t18-,19+/m1/s1. The van der Waals surface area contributed by atoms with Crippen molar-refractivity contribution in [2.75, 3.05) is 19.6 Å². The zero-order chi connectivity index (χ0) is 22.6. The highest BCUT2D eigenvalue weighted by Gasteiger charge is 2.37. The Morgan fingerprint density at radius 1 is 1.10 bits per heavy atom. The molecule has 0 radical (unpaired) electrons. The summed E-state index contributed by atoms with van der Waals surface area (Å²) in [5.74, 6) is -0.238. The van der Waals surface area contributed by atoms with Gasteiger partial charge in [0.25, 0.3) is 0 Å². The average molecular weight is 450 g/mol. The number of ether oxygens (including phenoxy) is 1. The number of amides is 3. The van der Waals surface area contributed by atoms with E-state index in [-0.39, 0.29) is 30.8 Å². The summed E-state index contributed by atoms with van der Waals surface area (Å²) < 4.78 is 5.41. The molecular formula is C23H32ClN3O4. The Balaban J connectivity index is 1.51. The first-order chi connectivity index (χ1) is 14.7. The third-order valence-corrected chi connectivity index (χ3v) is 6.00. The number of hydrogen-bond acceptors (Lipinski definition) is 4. The van der Waals surface area contributed by atoms with Crippen LogP contribution in [0.4, 0.5) is 4.79 Å². The zero-order valence-electron chi connectivity index (χ0n) is 18.5. The predicted molar refractivity (Wildman–Crippen MR) is 119 cm³/mol. The minimum atomic E-state index is -0.610. The van der Waals surface area contributed by atoms with Gasteiger partial charge in [0.15, 0.2) is 0 Å². The number of benzene rings is 1. The Hall–Kier alpha value is -2.28. The van der Waals surface area contributed by atoms with Crippen LogP contribution in [0.15, 0.2) is 24.3 Å². The molecule has 7 nitrogen and oxygen atoms in total. The highest BCUT2D eigenvalue weighted by molar-refractivity contribution is 6.31. The Morgan fingerprint density at radius 2 is 1.77 bits per heavy atom. The number of carbonyl (C=O) groups is 3. The molecular weight excluding hydrogens is 418 g/mol. The molecule has 3 amide bonds. The molecule has 1 aromatic rings. The van der Waals surface area contributed by atoms with Gasteiger partial charge in [-0.05, 0) is 58.1 Å². The van der Waals surface area contributed by atoms with Crippen molar-refractivity contribution in [3.8, 4) is 0 Å². The van der Waals surface area contributed by atoms with E-state index in [1.54, 1.807) is 20.8 Å². The normalized spacial score (nSPS) is 21.3. The molecule has 3 rings (SSSR count).